The van der Waals surface area contributed by atoms with Gasteiger partial charge in [0.15, 0.2) is 0 Å². The van der Waals surface area contributed by atoms with Gasteiger partial charge in [-0.05, 0) is 42.5 Å². The number of rotatable bonds is 3. The van der Waals surface area contributed by atoms with Crippen molar-refractivity contribution in [1.29, 1.82) is 0 Å². The first-order valence-electron chi connectivity index (χ1n) is 6.83. The van der Waals surface area contributed by atoms with Crippen LogP contribution in [0, 0.1) is 0 Å². The second-order valence-corrected chi connectivity index (χ2v) is 5.17. The molecular formula is C17H18N4. The molecule has 0 saturated carbocycles. The highest BCUT2D eigenvalue weighted by molar-refractivity contribution is 5.99. The van der Waals surface area contributed by atoms with Crippen LogP contribution in [0.4, 0.5) is 22.7 Å². The van der Waals surface area contributed by atoms with E-state index < -0.39 is 0 Å². The Balaban J connectivity index is 2.02. The van der Waals surface area contributed by atoms with E-state index in [1.54, 1.807) is 6.20 Å². The molecule has 4 nitrogen and oxygen atoms in total. The Bertz CT molecular complexity index is 781. The summed E-state index contributed by atoms with van der Waals surface area (Å²) < 4.78 is 0. The van der Waals surface area contributed by atoms with Gasteiger partial charge in [-0.15, -0.1) is 0 Å². The van der Waals surface area contributed by atoms with E-state index in [1.165, 1.54) is 0 Å². The summed E-state index contributed by atoms with van der Waals surface area (Å²) in [5.74, 6) is 0. The molecule has 3 N–H and O–H groups in total. The van der Waals surface area contributed by atoms with Gasteiger partial charge in [0, 0.05) is 42.7 Å². The summed E-state index contributed by atoms with van der Waals surface area (Å²) in [5.41, 5.74) is 10.7. The lowest BCUT2D eigenvalue weighted by Gasteiger charge is -2.15. The molecule has 0 aliphatic carbocycles. The highest BCUT2D eigenvalue weighted by Crippen LogP contribution is 2.29. The van der Waals surface area contributed by atoms with Gasteiger partial charge in [-0.25, -0.2) is 0 Å². The summed E-state index contributed by atoms with van der Waals surface area (Å²) >= 11 is 0. The van der Waals surface area contributed by atoms with E-state index in [9.17, 15) is 0 Å². The second kappa shape index (κ2) is 5.32. The number of benzene rings is 2. The summed E-state index contributed by atoms with van der Waals surface area (Å²) in [7, 11) is 4.06. The predicted octanol–water partition coefficient (Wildman–Crippen LogP) is 3.63. The van der Waals surface area contributed by atoms with Crippen LogP contribution in [0.5, 0.6) is 0 Å². The molecule has 1 aromatic heterocycles. The number of nitrogen functional groups attached to an aromatic ring is 1. The van der Waals surface area contributed by atoms with Crippen molar-refractivity contribution in [1.82, 2.24) is 4.98 Å². The van der Waals surface area contributed by atoms with Gasteiger partial charge in [0.2, 0.25) is 0 Å². The Morgan fingerprint density at radius 1 is 1.05 bits per heavy atom. The number of hydrogen-bond donors (Lipinski definition) is 2. The zero-order valence-corrected chi connectivity index (χ0v) is 12.2. The third kappa shape index (κ3) is 2.60. The fourth-order valence-corrected chi connectivity index (χ4v) is 2.32. The first-order valence-corrected chi connectivity index (χ1v) is 6.83. The summed E-state index contributed by atoms with van der Waals surface area (Å²) in [6.45, 7) is 0. The molecule has 0 bridgehead atoms. The number of anilines is 4. The topological polar surface area (TPSA) is 54.2 Å². The average Bonchev–Trinajstić information content (AvgIpc) is 2.51. The Labute approximate surface area is 124 Å². The van der Waals surface area contributed by atoms with Gasteiger partial charge in [-0.1, -0.05) is 6.07 Å². The minimum atomic E-state index is 0.693. The van der Waals surface area contributed by atoms with E-state index in [2.05, 4.69) is 27.3 Å². The number of fused-ring (bicyclic) bond motifs is 1. The highest BCUT2D eigenvalue weighted by atomic mass is 15.1. The Hall–Kier alpha value is -2.75. The molecule has 0 unspecified atom stereocenters. The number of nitrogens with two attached hydrogens (primary N) is 1. The minimum absolute atomic E-state index is 0.693. The summed E-state index contributed by atoms with van der Waals surface area (Å²) in [6.07, 6.45) is 1.76. The molecule has 0 saturated heterocycles. The number of aromatic nitrogens is 1. The first kappa shape index (κ1) is 13.2. The fraction of sp³-hybridized carbons (Fsp3) is 0.118. The molecule has 3 rings (SSSR count). The smallest absolute Gasteiger partial charge is 0.0951 e. The molecule has 106 valence electrons. The van der Waals surface area contributed by atoms with Crippen LogP contribution < -0.4 is 16.0 Å². The number of hydrogen-bond acceptors (Lipinski definition) is 4. The molecule has 0 aliphatic heterocycles. The minimum Gasteiger partial charge on any atom is -0.397 e. The number of nitrogens with one attached hydrogen (secondary N) is 1. The molecule has 4 heteroatoms. The van der Waals surface area contributed by atoms with Crippen LogP contribution in [0.2, 0.25) is 0 Å². The SMILES string of the molecule is CN(C)c1cccc(Nc2ccc(N)c3ncccc23)c1. The van der Waals surface area contributed by atoms with Crippen LogP contribution in [-0.4, -0.2) is 19.1 Å². The van der Waals surface area contributed by atoms with Crippen LogP contribution in [0.25, 0.3) is 10.9 Å². The maximum atomic E-state index is 5.99. The molecule has 0 atom stereocenters. The second-order valence-electron chi connectivity index (χ2n) is 5.17. The van der Waals surface area contributed by atoms with Gasteiger partial charge < -0.3 is 16.0 Å². The zero-order valence-electron chi connectivity index (χ0n) is 12.2. The zero-order chi connectivity index (χ0) is 14.8. The molecule has 1 heterocycles. The summed E-state index contributed by atoms with van der Waals surface area (Å²) in [6, 6.07) is 16.1. The Morgan fingerprint density at radius 3 is 2.71 bits per heavy atom. The highest BCUT2D eigenvalue weighted by Gasteiger charge is 2.05. The largest absolute Gasteiger partial charge is 0.397 e. The molecule has 0 spiro atoms. The molecule has 21 heavy (non-hydrogen) atoms. The van der Waals surface area contributed by atoms with E-state index in [1.807, 2.05) is 50.5 Å². The predicted molar refractivity (Wildman–Crippen MR) is 90.2 cm³/mol. The number of nitrogens with zero attached hydrogens (tertiary/aromatic N) is 2. The molecule has 0 radical (unpaired) electrons. The lowest BCUT2D eigenvalue weighted by atomic mass is 10.1. The van der Waals surface area contributed by atoms with Crippen LogP contribution in [0.3, 0.4) is 0 Å². The van der Waals surface area contributed by atoms with Crippen molar-refractivity contribution >= 4 is 33.7 Å². The van der Waals surface area contributed by atoms with Crippen molar-refractivity contribution in [2.45, 2.75) is 0 Å². The van der Waals surface area contributed by atoms with Gasteiger partial charge in [-0.2, -0.15) is 0 Å². The van der Waals surface area contributed by atoms with Crippen LogP contribution >= 0.6 is 0 Å². The number of pyridine rings is 1. The summed E-state index contributed by atoms with van der Waals surface area (Å²) in [4.78, 5) is 6.43. The molecule has 3 aromatic rings. The molecular weight excluding hydrogens is 260 g/mol. The van der Waals surface area contributed by atoms with E-state index in [-0.39, 0.29) is 0 Å². The van der Waals surface area contributed by atoms with E-state index in [0.29, 0.717) is 5.69 Å². The van der Waals surface area contributed by atoms with Crippen molar-refractivity contribution in [2.24, 2.45) is 0 Å². The molecule has 0 amide bonds. The monoisotopic (exact) mass is 278 g/mol. The van der Waals surface area contributed by atoms with E-state index in [4.69, 9.17) is 5.73 Å². The lowest BCUT2D eigenvalue weighted by molar-refractivity contribution is 1.13. The average molecular weight is 278 g/mol. The Morgan fingerprint density at radius 2 is 1.90 bits per heavy atom. The normalized spacial score (nSPS) is 10.6. The van der Waals surface area contributed by atoms with Gasteiger partial charge in [0.05, 0.1) is 11.2 Å². The third-order valence-electron chi connectivity index (χ3n) is 3.44. The van der Waals surface area contributed by atoms with Crippen molar-refractivity contribution in [2.75, 3.05) is 30.0 Å². The molecule has 2 aromatic carbocycles. The van der Waals surface area contributed by atoms with Crippen molar-refractivity contribution in [3.05, 3.63) is 54.7 Å². The van der Waals surface area contributed by atoms with Gasteiger partial charge in [-0.3, -0.25) is 4.98 Å². The van der Waals surface area contributed by atoms with Gasteiger partial charge >= 0.3 is 0 Å². The Kier molecular flexibility index (Phi) is 3.36. The van der Waals surface area contributed by atoms with E-state index in [0.717, 1.165) is 28.0 Å². The van der Waals surface area contributed by atoms with Crippen LogP contribution in [0.15, 0.2) is 54.7 Å². The molecule has 0 aliphatic rings. The van der Waals surface area contributed by atoms with E-state index >= 15 is 0 Å². The standard InChI is InChI=1S/C17H18N4/c1-21(2)13-6-3-5-12(11-13)20-16-9-8-15(18)17-14(16)7-4-10-19-17/h3-11,20H,18H2,1-2H3. The lowest BCUT2D eigenvalue weighted by Crippen LogP contribution is -2.08. The first-order chi connectivity index (χ1) is 10.1. The van der Waals surface area contributed by atoms with Crippen LogP contribution in [-0.2, 0) is 0 Å². The van der Waals surface area contributed by atoms with Crippen LogP contribution in [0.1, 0.15) is 0 Å². The summed E-state index contributed by atoms with van der Waals surface area (Å²) in [5, 5.41) is 4.47. The maximum absolute atomic E-state index is 5.99. The van der Waals surface area contributed by atoms with Crippen molar-refractivity contribution in [3.63, 3.8) is 0 Å². The third-order valence-corrected chi connectivity index (χ3v) is 3.44. The van der Waals surface area contributed by atoms with Crippen molar-refractivity contribution in [3.8, 4) is 0 Å². The van der Waals surface area contributed by atoms with Gasteiger partial charge in [0.1, 0.15) is 0 Å². The fourth-order valence-electron chi connectivity index (χ4n) is 2.32. The van der Waals surface area contributed by atoms with Gasteiger partial charge in [0.25, 0.3) is 0 Å². The molecule has 0 fully saturated rings. The quantitative estimate of drug-likeness (QED) is 0.718. The maximum Gasteiger partial charge on any atom is 0.0951 e. The van der Waals surface area contributed by atoms with Crippen molar-refractivity contribution < 1.29 is 0 Å².